The average molecular weight is 432 g/mol. The molecule has 1 heterocycles. The van der Waals surface area contributed by atoms with Crippen LogP contribution in [0.3, 0.4) is 0 Å². The van der Waals surface area contributed by atoms with E-state index in [4.69, 9.17) is 16.7 Å². The molecule has 0 fully saturated rings. The van der Waals surface area contributed by atoms with Gasteiger partial charge in [-0.3, -0.25) is 9.78 Å². The second-order valence-corrected chi connectivity index (χ2v) is 7.19. The molecule has 0 aliphatic heterocycles. The molecule has 5 N–H and O–H groups in total. The van der Waals surface area contributed by atoms with Gasteiger partial charge in [0.05, 0.1) is 12.1 Å². The maximum absolute atomic E-state index is 12.8. The van der Waals surface area contributed by atoms with Crippen LogP contribution >= 0.6 is 0 Å². The van der Waals surface area contributed by atoms with E-state index in [2.05, 4.69) is 10.1 Å². The predicted octanol–water partition coefficient (Wildman–Crippen LogP) is 2.05. The first-order valence-corrected chi connectivity index (χ1v) is 9.77. The van der Waals surface area contributed by atoms with Crippen LogP contribution in [0.5, 0.6) is 0 Å². The third kappa shape index (κ3) is 5.89. The van der Waals surface area contributed by atoms with Gasteiger partial charge < -0.3 is 15.7 Å². The summed E-state index contributed by atoms with van der Waals surface area (Å²) in [5.41, 5.74) is 9.02. The topological polar surface area (TPSA) is 138 Å². The lowest BCUT2D eigenvalue weighted by atomic mass is 10.1. The van der Waals surface area contributed by atoms with Crippen LogP contribution in [0.4, 0.5) is 0 Å². The van der Waals surface area contributed by atoms with Crippen molar-refractivity contribution in [3.8, 4) is 0 Å². The summed E-state index contributed by atoms with van der Waals surface area (Å²) in [5.74, 6) is 4.94. The Kier molecular flexibility index (Phi) is 7.14. The summed E-state index contributed by atoms with van der Waals surface area (Å²) in [6.45, 7) is 0.658. The van der Waals surface area contributed by atoms with Gasteiger partial charge in [0, 0.05) is 37.1 Å². The molecule has 32 heavy (non-hydrogen) atoms. The summed E-state index contributed by atoms with van der Waals surface area (Å²) >= 11 is 0. The molecule has 0 aliphatic rings. The van der Waals surface area contributed by atoms with Crippen molar-refractivity contribution in [3.63, 3.8) is 0 Å². The number of aromatic nitrogens is 1. The van der Waals surface area contributed by atoms with Gasteiger partial charge >= 0.3 is 5.97 Å². The van der Waals surface area contributed by atoms with Crippen molar-refractivity contribution in [1.82, 2.24) is 15.0 Å². The molecular formula is C23H24N6O3. The Balaban J connectivity index is 1.68. The molecule has 0 atom stereocenters. The van der Waals surface area contributed by atoms with E-state index >= 15 is 0 Å². The summed E-state index contributed by atoms with van der Waals surface area (Å²) in [6.07, 6.45) is 3.40. The van der Waals surface area contributed by atoms with Crippen LogP contribution in [0.1, 0.15) is 37.4 Å². The largest absolute Gasteiger partial charge is 0.478 e. The Morgan fingerprint density at radius 3 is 2.34 bits per heavy atom. The van der Waals surface area contributed by atoms with E-state index < -0.39 is 5.97 Å². The number of nitrogens with zero attached hydrogens (tertiary/aromatic N) is 4. The highest BCUT2D eigenvalue weighted by Gasteiger charge is 2.14. The molecule has 0 spiro atoms. The predicted molar refractivity (Wildman–Crippen MR) is 120 cm³/mol. The molecule has 0 unspecified atom stereocenters. The van der Waals surface area contributed by atoms with Gasteiger partial charge in [-0.1, -0.05) is 30.3 Å². The Morgan fingerprint density at radius 1 is 0.969 bits per heavy atom. The van der Waals surface area contributed by atoms with Crippen molar-refractivity contribution in [2.24, 2.45) is 16.7 Å². The third-order valence-electron chi connectivity index (χ3n) is 4.68. The monoisotopic (exact) mass is 432 g/mol. The number of pyridine rings is 1. The fourth-order valence-electron chi connectivity index (χ4n) is 3.04. The van der Waals surface area contributed by atoms with E-state index in [0.717, 1.165) is 16.2 Å². The lowest BCUT2D eigenvalue weighted by Crippen LogP contribution is -2.29. The Bertz CT molecular complexity index is 1120. The summed E-state index contributed by atoms with van der Waals surface area (Å²) in [4.78, 5) is 29.4. The highest BCUT2D eigenvalue weighted by molar-refractivity contribution is 6.01. The third-order valence-corrected chi connectivity index (χ3v) is 4.68. The van der Waals surface area contributed by atoms with E-state index in [0.29, 0.717) is 17.7 Å². The molecule has 9 heteroatoms. The van der Waals surface area contributed by atoms with Gasteiger partial charge in [0.2, 0.25) is 0 Å². The number of carbonyl (C=O) groups is 2. The van der Waals surface area contributed by atoms with E-state index in [9.17, 15) is 9.59 Å². The van der Waals surface area contributed by atoms with Gasteiger partial charge in [0.25, 0.3) is 5.91 Å². The molecule has 0 saturated heterocycles. The number of amidine groups is 1. The van der Waals surface area contributed by atoms with Crippen molar-refractivity contribution >= 4 is 17.7 Å². The molecule has 0 aliphatic carbocycles. The Morgan fingerprint density at radius 2 is 1.69 bits per heavy atom. The van der Waals surface area contributed by atoms with Crippen molar-refractivity contribution in [3.05, 3.63) is 101 Å². The Hall–Kier alpha value is -4.24. The zero-order chi connectivity index (χ0) is 23.1. The maximum Gasteiger partial charge on any atom is 0.335 e. The minimum Gasteiger partial charge on any atom is -0.478 e. The van der Waals surface area contributed by atoms with Crippen molar-refractivity contribution in [1.29, 1.82) is 0 Å². The van der Waals surface area contributed by atoms with Crippen LogP contribution in [0.2, 0.25) is 0 Å². The number of hydrogen-bond acceptors (Lipinski definition) is 6. The lowest BCUT2D eigenvalue weighted by molar-refractivity contribution is 0.0696. The van der Waals surface area contributed by atoms with Crippen molar-refractivity contribution < 1.29 is 14.7 Å². The molecule has 3 rings (SSSR count). The second-order valence-electron chi connectivity index (χ2n) is 7.19. The minimum absolute atomic E-state index is 0.152. The fourth-order valence-corrected chi connectivity index (χ4v) is 3.04. The van der Waals surface area contributed by atoms with Gasteiger partial charge in [-0.15, -0.1) is 5.10 Å². The zero-order valence-electron chi connectivity index (χ0n) is 17.5. The van der Waals surface area contributed by atoms with E-state index in [1.54, 1.807) is 60.7 Å². The summed E-state index contributed by atoms with van der Waals surface area (Å²) in [7, 11) is 1.72. The lowest BCUT2D eigenvalue weighted by Gasteiger charge is -2.18. The number of carbonyl (C=O) groups excluding carboxylic acids is 1. The van der Waals surface area contributed by atoms with Gasteiger partial charge in [0.1, 0.15) is 0 Å². The zero-order valence-corrected chi connectivity index (χ0v) is 17.5. The minimum atomic E-state index is -0.996. The van der Waals surface area contributed by atoms with Crippen LogP contribution < -0.4 is 11.6 Å². The van der Waals surface area contributed by atoms with Crippen molar-refractivity contribution in [2.75, 3.05) is 7.05 Å². The van der Waals surface area contributed by atoms with Crippen LogP contribution in [0, 0.1) is 0 Å². The summed E-state index contributed by atoms with van der Waals surface area (Å²) in [6, 6.07) is 16.9. The molecule has 9 nitrogen and oxygen atoms in total. The molecule has 164 valence electrons. The number of rotatable bonds is 8. The fraction of sp³-hybridized carbons (Fsp3) is 0.130. The van der Waals surface area contributed by atoms with Crippen LogP contribution in [-0.2, 0) is 13.1 Å². The molecule has 1 amide bonds. The molecule has 1 aromatic heterocycles. The van der Waals surface area contributed by atoms with Crippen LogP contribution in [0.25, 0.3) is 0 Å². The number of carboxylic acid groups (broad SMARTS) is 1. The number of hydrogen-bond donors (Lipinski definition) is 3. The summed E-state index contributed by atoms with van der Waals surface area (Å²) < 4.78 is 0. The quantitative estimate of drug-likeness (QED) is 0.214. The van der Waals surface area contributed by atoms with Crippen LogP contribution in [-0.4, -0.2) is 44.9 Å². The Labute approximate surface area is 185 Å². The number of benzene rings is 2. The molecule has 0 radical (unpaired) electrons. The van der Waals surface area contributed by atoms with Crippen molar-refractivity contribution in [2.45, 2.75) is 13.1 Å². The molecule has 0 bridgehead atoms. The first-order chi connectivity index (χ1) is 15.3. The van der Waals surface area contributed by atoms with Gasteiger partial charge in [-0.25, -0.2) is 15.8 Å². The van der Waals surface area contributed by atoms with Gasteiger partial charge in [0.15, 0.2) is 5.84 Å². The average Bonchev–Trinajstić information content (AvgIpc) is 2.79. The first kappa shape index (κ1) is 22.4. The molecule has 0 saturated carbocycles. The van der Waals surface area contributed by atoms with E-state index in [1.165, 1.54) is 12.1 Å². The number of amides is 1. The molecule has 2 aromatic carbocycles. The highest BCUT2D eigenvalue weighted by atomic mass is 16.4. The maximum atomic E-state index is 12.8. The highest BCUT2D eigenvalue weighted by Crippen LogP contribution is 2.11. The second kappa shape index (κ2) is 10.2. The van der Waals surface area contributed by atoms with E-state index in [1.807, 2.05) is 12.1 Å². The van der Waals surface area contributed by atoms with Gasteiger partial charge in [-0.2, -0.15) is 0 Å². The first-order valence-electron chi connectivity index (χ1n) is 9.77. The molecular weight excluding hydrogens is 408 g/mol. The molecule has 3 aromatic rings. The summed E-state index contributed by atoms with van der Waals surface area (Å²) in [5, 5.41) is 14.3. The number of carboxylic acids is 1. The normalized spacial score (nSPS) is 11.1. The smallest absolute Gasteiger partial charge is 0.335 e. The number of hydrazine groups is 1. The van der Waals surface area contributed by atoms with Gasteiger partial charge in [-0.05, 0) is 41.5 Å². The standard InChI is InChI=1S/C23H24N6O3/c1-28(14-17-4-3-11-26-13-17)22(30)20-6-2-5-19(12-20)21(24)27-29(25)15-16-7-9-18(10-8-16)23(31)32/h2-13H,14-15,25H2,1H3,(H2,24,27)(H,31,32). The number of hydrazone groups is 1. The number of aromatic carboxylic acids is 1. The number of nitrogens with two attached hydrogens (primary N) is 2. The SMILES string of the molecule is CN(Cc1cccnc1)C(=O)c1cccc(/C(N)=N/N(N)Cc2ccc(C(=O)O)cc2)c1. The van der Waals surface area contributed by atoms with E-state index in [-0.39, 0.29) is 23.9 Å². The van der Waals surface area contributed by atoms with Crippen LogP contribution in [0.15, 0.2) is 78.2 Å².